The van der Waals surface area contributed by atoms with Crippen LogP contribution in [-0.2, 0) is 49.9 Å². The number of aryl methyl sites for hydroxylation is 6. The molecule has 0 N–H and O–H groups in total. The minimum atomic E-state index is -4.29. The molecule has 6 rings (SSSR count). The number of hydrogen-bond acceptors (Lipinski definition) is 10. The topological polar surface area (TPSA) is 146 Å². The second-order valence-corrected chi connectivity index (χ2v) is 25.3. The minimum absolute atomic E-state index is 0.00523. The molecular formula is C54H72N2O10S2. The Morgan fingerprint density at radius 1 is 0.544 bits per heavy atom. The lowest BCUT2D eigenvalue weighted by Crippen LogP contribution is -2.42. The predicted octanol–water partition coefficient (Wildman–Crippen LogP) is 11.1. The van der Waals surface area contributed by atoms with Crippen LogP contribution in [0, 0.1) is 53.4 Å². The van der Waals surface area contributed by atoms with Crippen LogP contribution in [-0.4, -0.2) is 62.7 Å². The van der Waals surface area contributed by atoms with E-state index < -0.39 is 67.4 Å². The molecule has 0 amide bonds. The molecule has 2 fully saturated rings. The molecule has 2 aliphatic heterocycles. The summed E-state index contributed by atoms with van der Waals surface area (Å²) in [5.74, 6) is -1.72. The molecule has 0 aromatic heterocycles. The number of esters is 2. The number of rotatable bonds is 11. The molecule has 4 atom stereocenters. The third-order valence-corrected chi connectivity index (χ3v) is 17.4. The second-order valence-electron chi connectivity index (χ2n) is 21.7. The summed E-state index contributed by atoms with van der Waals surface area (Å²) in [6, 6.07) is 13.6. The van der Waals surface area contributed by atoms with Crippen LogP contribution in [0.15, 0.2) is 58.3 Å². The largest absolute Gasteiger partial charge is 0.426 e. The minimum Gasteiger partial charge on any atom is -0.426 e. The fourth-order valence-electron chi connectivity index (χ4n) is 9.87. The van der Waals surface area contributed by atoms with E-state index in [0.29, 0.717) is 33.4 Å². The van der Waals surface area contributed by atoms with Crippen LogP contribution in [0.3, 0.4) is 0 Å². The van der Waals surface area contributed by atoms with Gasteiger partial charge >= 0.3 is 11.9 Å². The first-order chi connectivity index (χ1) is 31.3. The van der Waals surface area contributed by atoms with Gasteiger partial charge in [0.1, 0.15) is 11.5 Å². The van der Waals surface area contributed by atoms with Gasteiger partial charge in [0, 0.05) is 36.1 Å². The lowest BCUT2D eigenvalue weighted by molar-refractivity contribution is -0.133. The molecule has 12 nitrogen and oxygen atoms in total. The van der Waals surface area contributed by atoms with Crippen molar-refractivity contribution in [1.82, 2.24) is 8.61 Å². The molecule has 4 aromatic carbocycles. The lowest BCUT2D eigenvalue weighted by atomic mass is 9.80. The molecule has 0 spiro atoms. The van der Waals surface area contributed by atoms with Crippen LogP contribution in [0.1, 0.15) is 151 Å². The molecule has 4 aromatic rings. The summed E-state index contributed by atoms with van der Waals surface area (Å²) in [7, 11) is -8.58. The fourth-order valence-corrected chi connectivity index (χ4v) is 14.3. The number of hydrogen-bond donors (Lipinski definition) is 0. The number of benzene rings is 4. The molecule has 68 heavy (non-hydrogen) atoms. The van der Waals surface area contributed by atoms with Gasteiger partial charge in [-0.25, -0.2) is 16.8 Å². The van der Waals surface area contributed by atoms with Gasteiger partial charge in [0.15, 0.2) is 12.5 Å². The highest BCUT2D eigenvalue weighted by Gasteiger charge is 2.50. The van der Waals surface area contributed by atoms with Gasteiger partial charge in [-0.2, -0.15) is 8.61 Å². The van der Waals surface area contributed by atoms with E-state index in [1.165, 1.54) is 22.5 Å². The van der Waals surface area contributed by atoms with Gasteiger partial charge in [0.05, 0.1) is 35.1 Å². The van der Waals surface area contributed by atoms with Crippen LogP contribution in [0.25, 0.3) is 11.1 Å². The number of nitrogens with zero attached hydrogens (tertiary/aromatic N) is 2. The molecule has 2 heterocycles. The Balaban J connectivity index is 1.75. The maximum Gasteiger partial charge on any atom is 0.308 e. The monoisotopic (exact) mass is 972 g/mol. The summed E-state index contributed by atoms with van der Waals surface area (Å²) in [5, 5.41) is 0. The Bertz CT molecular complexity index is 2630. The standard InChI is InChI=1S/C54H72N2O10S2/c1-29(2)45-27-63-51(55(45)67(59,60)49-33(7)19-31(5)20-34(49)8)43-25-39(53(13,14)15)23-41(47(43)65-37(11)57)42-24-40(54(16,17)18)26-44(48(42)66-38(12)58)52-56(46(28-64-52)30(3)4)68(61,62)50-35(9)21-32(6)22-36(50)10/h19-26,29-30,45-46,51-52H,27-28H2,1-18H3/t45-,46-,51+,52+/m1/s1. The molecule has 2 aliphatic rings. The van der Waals surface area contributed by atoms with Crippen molar-refractivity contribution in [3.05, 3.63) is 104 Å². The van der Waals surface area contributed by atoms with E-state index >= 15 is 16.8 Å². The first kappa shape index (κ1) is 52.9. The Hall–Kier alpha value is -4.44. The van der Waals surface area contributed by atoms with E-state index in [9.17, 15) is 9.59 Å². The van der Waals surface area contributed by atoms with Gasteiger partial charge in [-0.1, -0.05) is 105 Å². The van der Waals surface area contributed by atoms with Gasteiger partial charge in [0.25, 0.3) is 0 Å². The van der Waals surface area contributed by atoms with Gasteiger partial charge < -0.3 is 18.9 Å². The summed E-state index contributed by atoms with van der Waals surface area (Å²) in [6.07, 6.45) is -2.53. The zero-order valence-electron chi connectivity index (χ0n) is 43.3. The van der Waals surface area contributed by atoms with E-state index in [-0.39, 0.29) is 57.5 Å². The maximum absolute atomic E-state index is 15.3. The van der Waals surface area contributed by atoms with Crippen molar-refractivity contribution in [2.45, 2.75) is 170 Å². The third-order valence-electron chi connectivity index (χ3n) is 13.1. The van der Waals surface area contributed by atoms with Crippen LogP contribution in [0.5, 0.6) is 11.5 Å². The smallest absolute Gasteiger partial charge is 0.308 e. The van der Waals surface area contributed by atoms with E-state index in [4.69, 9.17) is 18.9 Å². The number of ether oxygens (including phenoxy) is 4. The van der Waals surface area contributed by atoms with Crippen molar-refractivity contribution in [2.75, 3.05) is 13.2 Å². The molecule has 2 saturated heterocycles. The Labute approximate surface area is 405 Å². The van der Waals surface area contributed by atoms with E-state index in [0.717, 1.165) is 22.3 Å². The first-order valence-corrected chi connectivity index (χ1v) is 26.4. The highest BCUT2D eigenvalue weighted by atomic mass is 32.2. The van der Waals surface area contributed by atoms with E-state index in [2.05, 4.69) is 0 Å². The van der Waals surface area contributed by atoms with Crippen LogP contribution >= 0.6 is 0 Å². The Morgan fingerprint density at radius 2 is 0.838 bits per heavy atom. The third kappa shape index (κ3) is 10.1. The number of carbonyl (C=O) groups excluding carboxylic acids is 2. The highest BCUT2D eigenvalue weighted by Crippen LogP contribution is 2.53. The van der Waals surface area contributed by atoms with Crippen molar-refractivity contribution in [2.24, 2.45) is 11.8 Å². The van der Waals surface area contributed by atoms with Gasteiger partial charge in [0.2, 0.25) is 20.0 Å². The maximum atomic E-state index is 15.3. The van der Waals surface area contributed by atoms with Crippen molar-refractivity contribution in [3.63, 3.8) is 0 Å². The van der Waals surface area contributed by atoms with Gasteiger partial charge in [-0.05, 0) is 122 Å². The Morgan fingerprint density at radius 3 is 1.09 bits per heavy atom. The average molecular weight is 973 g/mol. The zero-order chi connectivity index (χ0) is 50.9. The second kappa shape index (κ2) is 19.0. The normalized spacial score (nSPS) is 19.9. The predicted molar refractivity (Wildman–Crippen MR) is 266 cm³/mol. The van der Waals surface area contributed by atoms with Crippen LogP contribution in [0.4, 0.5) is 0 Å². The van der Waals surface area contributed by atoms with Crippen molar-refractivity contribution in [1.29, 1.82) is 0 Å². The summed E-state index contributed by atoms with van der Waals surface area (Å²) in [6.45, 7) is 33.5. The molecular weight excluding hydrogens is 901 g/mol. The summed E-state index contributed by atoms with van der Waals surface area (Å²) in [4.78, 5) is 27.3. The molecule has 0 aliphatic carbocycles. The van der Waals surface area contributed by atoms with Gasteiger partial charge in [-0.3, -0.25) is 9.59 Å². The number of sulfonamides is 2. The SMILES string of the molecule is CC(=O)Oc1c(-c2cc(C(C)(C)C)cc([C@@H]3OC[C@H](C(C)C)N3S(=O)(=O)c3c(C)cc(C)cc3C)c2OC(C)=O)cc(C(C)(C)C)cc1[C@@H]1OC[C@H](C(C)C)N1S(=O)(=O)c1c(C)cc(C)cc1C. The van der Waals surface area contributed by atoms with Crippen LogP contribution in [0.2, 0.25) is 0 Å². The quantitative estimate of drug-likeness (QED) is 0.105. The van der Waals surface area contributed by atoms with E-state index in [1.807, 2.05) is 132 Å². The molecule has 14 heteroatoms. The fraction of sp³-hybridized carbons (Fsp3) is 0.519. The molecule has 0 bridgehead atoms. The van der Waals surface area contributed by atoms with Crippen LogP contribution < -0.4 is 9.47 Å². The molecule has 0 unspecified atom stereocenters. The van der Waals surface area contributed by atoms with Crippen molar-refractivity contribution in [3.8, 4) is 22.6 Å². The number of carbonyl (C=O) groups is 2. The lowest BCUT2D eigenvalue weighted by Gasteiger charge is -2.34. The zero-order valence-corrected chi connectivity index (χ0v) is 44.9. The van der Waals surface area contributed by atoms with Crippen molar-refractivity contribution >= 4 is 32.0 Å². The first-order valence-electron chi connectivity index (χ1n) is 23.5. The van der Waals surface area contributed by atoms with Gasteiger partial charge in [-0.15, -0.1) is 0 Å². The summed E-state index contributed by atoms with van der Waals surface area (Å²) >= 11 is 0. The van der Waals surface area contributed by atoms with Crippen molar-refractivity contribution < 1.29 is 45.4 Å². The highest BCUT2D eigenvalue weighted by molar-refractivity contribution is 7.89. The molecule has 0 radical (unpaired) electrons. The molecule has 0 saturated carbocycles. The van der Waals surface area contributed by atoms with E-state index in [1.54, 1.807) is 27.7 Å². The average Bonchev–Trinajstić information content (AvgIpc) is 3.83. The summed E-state index contributed by atoms with van der Waals surface area (Å²) in [5.41, 5.74) is 5.70. The Kier molecular flexibility index (Phi) is 14.8. The molecule has 370 valence electrons. The summed E-state index contributed by atoms with van der Waals surface area (Å²) < 4.78 is 90.0.